The Morgan fingerprint density at radius 3 is 2.48 bits per heavy atom. The van der Waals surface area contributed by atoms with Crippen molar-refractivity contribution in [2.75, 3.05) is 0 Å². The van der Waals surface area contributed by atoms with E-state index in [1.165, 1.54) is 31.2 Å². The molecule has 116 valence electrons. The molecular formula is C18H27NO2. The molecule has 0 spiro atoms. The fourth-order valence-corrected chi connectivity index (χ4v) is 2.92. The standard InChI is InChI=1S/C18H27NO2/c1-13-10-11-17(14(2)12-13)21-15(3)18(20)19-16-8-6-4-5-7-9-16/h10-12,15-16H,4-9H2,1-3H3,(H,19,20)/t15-/m1/s1. The predicted octanol–water partition coefficient (Wildman–Crippen LogP) is 3.91. The highest BCUT2D eigenvalue weighted by Gasteiger charge is 2.20. The van der Waals surface area contributed by atoms with Crippen LogP contribution in [0.15, 0.2) is 18.2 Å². The van der Waals surface area contributed by atoms with Gasteiger partial charge in [-0.1, -0.05) is 43.4 Å². The van der Waals surface area contributed by atoms with Crippen LogP contribution in [0.1, 0.15) is 56.6 Å². The summed E-state index contributed by atoms with van der Waals surface area (Å²) in [6, 6.07) is 6.36. The van der Waals surface area contributed by atoms with E-state index in [0.717, 1.165) is 24.2 Å². The van der Waals surface area contributed by atoms with Gasteiger partial charge in [0.1, 0.15) is 5.75 Å². The van der Waals surface area contributed by atoms with Crippen molar-refractivity contribution in [3.63, 3.8) is 0 Å². The molecule has 1 amide bonds. The quantitative estimate of drug-likeness (QED) is 0.853. The van der Waals surface area contributed by atoms with Crippen LogP contribution in [0.2, 0.25) is 0 Å². The van der Waals surface area contributed by atoms with E-state index >= 15 is 0 Å². The third kappa shape index (κ3) is 4.76. The van der Waals surface area contributed by atoms with Crippen LogP contribution in [0.4, 0.5) is 0 Å². The van der Waals surface area contributed by atoms with Crippen LogP contribution < -0.4 is 10.1 Å². The minimum Gasteiger partial charge on any atom is -0.481 e. The van der Waals surface area contributed by atoms with Crippen molar-refractivity contribution in [2.45, 2.75) is 71.4 Å². The van der Waals surface area contributed by atoms with Gasteiger partial charge in [0.05, 0.1) is 0 Å². The van der Waals surface area contributed by atoms with Gasteiger partial charge in [0.15, 0.2) is 6.10 Å². The van der Waals surface area contributed by atoms with E-state index in [2.05, 4.69) is 18.3 Å². The van der Waals surface area contributed by atoms with Gasteiger partial charge in [-0.05, 0) is 45.2 Å². The molecule has 3 nitrogen and oxygen atoms in total. The number of carbonyl (C=O) groups is 1. The lowest BCUT2D eigenvalue weighted by molar-refractivity contribution is -0.128. The van der Waals surface area contributed by atoms with E-state index in [1.54, 1.807) is 0 Å². The Hall–Kier alpha value is -1.51. The van der Waals surface area contributed by atoms with Gasteiger partial charge in [-0.25, -0.2) is 0 Å². The molecule has 0 heterocycles. The Morgan fingerprint density at radius 1 is 1.19 bits per heavy atom. The maximum Gasteiger partial charge on any atom is 0.260 e. The molecule has 1 saturated carbocycles. The molecule has 0 unspecified atom stereocenters. The Bertz CT molecular complexity index is 476. The predicted molar refractivity (Wildman–Crippen MR) is 85.6 cm³/mol. The average Bonchev–Trinajstić information content (AvgIpc) is 2.70. The summed E-state index contributed by atoms with van der Waals surface area (Å²) in [7, 11) is 0. The van der Waals surface area contributed by atoms with Gasteiger partial charge in [-0.15, -0.1) is 0 Å². The first-order chi connectivity index (χ1) is 10.1. The number of carbonyl (C=O) groups excluding carboxylic acids is 1. The van der Waals surface area contributed by atoms with Crippen molar-refractivity contribution in [2.24, 2.45) is 0 Å². The second-order valence-electron chi connectivity index (χ2n) is 6.23. The van der Waals surface area contributed by atoms with Crippen LogP contribution in [-0.2, 0) is 4.79 Å². The van der Waals surface area contributed by atoms with Crippen molar-refractivity contribution in [1.82, 2.24) is 5.32 Å². The number of hydrogen-bond donors (Lipinski definition) is 1. The number of nitrogens with one attached hydrogen (secondary N) is 1. The molecule has 3 heteroatoms. The molecule has 1 atom stereocenters. The van der Waals surface area contributed by atoms with Crippen LogP contribution in [0.5, 0.6) is 5.75 Å². The summed E-state index contributed by atoms with van der Waals surface area (Å²) in [5, 5.41) is 3.15. The highest BCUT2D eigenvalue weighted by Crippen LogP contribution is 2.21. The van der Waals surface area contributed by atoms with E-state index < -0.39 is 6.10 Å². The average molecular weight is 289 g/mol. The molecule has 1 fully saturated rings. The minimum atomic E-state index is -0.449. The first-order valence-corrected chi connectivity index (χ1v) is 8.10. The summed E-state index contributed by atoms with van der Waals surface area (Å²) in [5.74, 6) is 0.797. The number of rotatable bonds is 4. The molecule has 1 N–H and O–H groups in total. The summed E-state index contributed by atoms with van der Waals surface area (Å²) < 4.78 is 5.82. The van der Waals surface area contributed by atoms with Crippen molar-refractivity contribution in [3.8, 4) is 5.75 Å². The summed E-state index contributed by atoms with van der Waals surface area (Å²) >= 11 is 0. The Kier molecular flexibility index (Phi) is 5.66. The van der Waals surface area contributed by atoms with Crippen LogP contribution in [-0.4, -0.2) is 18.1 Å². The van der Waals surface area contributed by atoms with Gasteiger partial charge in [0, 0.05) is 6.04 Å². The highest BCUT2D eigenvalue weighted by molar-refractivity contribution is 5.81. The van der Waals surface area contributed by atoms with Crippen LogP contribution in [0, 0.1) is 13.8 Å². The topological polar surface area (TPSA) is 38.3 Å². The first-order valence-electron chi connectivity index (χ1n) is 8.10. The molecule has 0 aromatic heterocycles. The molecule has 21 heavy (non-hydrogen) atoms. The zero-order valence-electron chi connectivity index (χ0n) is 13.4. The van der Waals surface area contributed by atoms with E-state index in [-0.39, 0.29) is 5.91 Å². The third-order valence-electron chi connectivity index (χ3n) is 4.20. The van der Waals surface area contributed by atoms with Crippen molar-refractivity contribution < 1.29 is 9.53 Å². The number of benzene rings is 1. The first kappa shape index (κ1) is 15.9. The van der Waals surface area contributed by atoms with Crippen molar-refractivity contribution >= 4 is 5.91 Å². The molecular weight excluding hydrogens is 262 g/mol. The van der Waals surface area contributed by atoms with Gasteiger partial charge in [0.2, 0.25) is 0 Å². The summed E-state index contributed by atoms with van der Waals surface area (Å²) in [6.45, 7) is 5.89. The summed E-state index contributed by atoms with van der Waals surface area (Å²) in [4.78, 5) is 12.3. The Balaban J connectivity index is 1.89. The van der Waals surface area contributed by atoms with Crippen molar-refractivity contribution in [1.29, 1.82) is 0 Å². The van der Waals surface area contributed by atoms with Crippen LogP contribution in [0.25, 0.3) is 0 Å². The SMILES string of the molecule is Cc1ccc(O[C@H](C)C(=O)NC2CCCCCC2)c(C)c1. The smallest absolute Gasteiger partial charge is 0.260 e. The van der Waals surface area contributed by atoms with E-state index in [4.69, 9.17) is 4.74 Å². The number of hydrogen-bond acceptors (Lipinski definition) is 2. The molecule has 0 radical (unpaired) electrons. The monoisotopic (exact) mass is 289 g/mol. The molecule has 1 aliphatic carbocycles. The van der Waals surface area contributed by atoms with Crippen LogP contribution in [0.3, 0.4) is 0 Å². The van der Waals surface area contributed by atoms with Gasteiger partial charge < -0.3 is 10.1 Å². The Morgan fingerprint density at radius 2 is 1.86 bits per heavy atom. The number of ether oxygens (including phenoxy) is 1. The lowest BCUT2D eigenvalue weighted by Gasteiger charge is -2.21. The van der Waals surface area contributed by atoms with Gasteiger partial charge in [-0.2, -0.15) is 0 Å². The molecule has 1 aliphatic rings. The fraction of sp³-hybridized carbons (Fsp3) is 0.611. The zero-order valence-corrected chi connectivity index (χ0v) is 13.4. The summed E-state index contributed by atoms with van der Waals surface area (Å²) in [6.07, 6.45) is 6.77. The molecule has 0 saturated heterocycles. The molecule has 0 bridgehead atoms. The highest BCUT2D eigenvalue weighted by atomic mass is 16.5. The maximum absolute atomic E-state index is 12.3. The second-order valence-corrected chi connectivity index (χ2v) is 6.23. The van der Waals surface area contributed by atoms with E-state index in [0.29, 0.717) is 6.04 Å². The molecule has 1 aromatic rings. The maximum atomic E-state index is 12.3. The third-order valence-corrected chi connectivity index (χ3v) is 4.20. The molecule has 1 aromatic carbocycles. The van der Waals surface area contributed by atoms with Gasteiger partial charge in [-0.3, -0.25) is 4.79 Å². The number of aryl methyl sites for hydroxylation is 2. The number of amides is 1. The minimum absolute atomic E-state index is 0.00174. The van der Waals surface area contributed by atoms with Crippen molar-refractivity contribution in [3.05, 3.63) is 29.3 Å². The summed E-state index contributed by atoms with van der Waals surface area (Å²) in [5.41, 5.74) is 2.28. The lowest BCUT2D eigenvalue weighted by Crippen LogP contribution is -2.42. The lowest BCUT2D eigenvalue weighted by atomic mass is 10.1. The van der Waals surface area contributed by atoms with Gasteiger partial charge >= 0.3 is 0 Å². The van der Waals surface area contributed by atoms with Gasteiger partial charge in [0.25, 0.3) is 5.91 Å². The second kappa shape index (κ2) is 7.48. The molecule has 0 aliphatic heterocycles. The fourth-order valence-electron chi connectivity index (χ4n) is 2.92. The van der Waals surface area contributed by atoms with Crippen LogP contribution >= 0.6 is 0 Å². The van der Waals surface area contributed by atoms with E-state index in [1.807, 2.05) is 26.0 Å². The molecule has 2 rings (SSSR count). The zero-order chi connectivity index (χ0) is 15.2. The Labute approximate surface area is 128 Å². The normalized spacial score (nSPS) is 17.9. The van der Waals surface area contributed by atoms with E-state index in [9.17, 15) is 4.79 Å². The largest absolute Gasteiger partial charge is 0.481 e.